The molecule has 1 aliphatic rings. The van der Waals surface area contributed by atoms with Gasteiger partial charge < -0.3 is 15.3 Å². The maximum Gasteiger partial charge on any atom is 0.317 e. The first-order valence-electron chi connectivity index (χ1n) is 7.08. The molecule has 2 amide bonds. The Kier molecular flexibility index (Phi) is 5.63. The van der Waals surface area contributed by atoms with Gasteiger partial charge in [-0.2, -0.15) is 0 Å². The lowest BCUT2D eigenvalue weighted by Crippen LogP contribution is -2.51. The van der Waals surface area contributed by atoms with Crippen LogP contribution < -0.4 is 5.32 Å². The van der Waals surface area contributed by atoms with E-state index in [1.165, 1.54) is 19.3 Å². The number of carboxylic acid groups (broad SMARTS) is 1. The maximum atomic E-state index is 12.1. The van der Waals surface area contributed by atoms with E-state index >= 15 is 0 Å². The zero-order valence-electron chi connectivity index (χ0n) is 12.2. The predicted molar refractivity (Wildman–Crippen MR) is 74.1 cm³/mol. The van der Waals surface area contributed by atoms with Crippen molar-refractivity contribution in [1.82, 2.24) is 10.2 Å². The van der Waals surface area contributed by atoms with Gasteiger partial charge in [-0.15, -0.1) is 0 Å². The molecule has 0 radical (unpaired) electrons. The lowest BCUT2D eigenvalue weighted by atomic mass is 9.83. The summed E-state index contributed by atoms with van der Waals surface area (Å²) in [5, 5.41) is 11.6. The van der Waals surface area contributed by atoms with Crippen LogP contribution in [0.2, 0.25) is 0 Å². The summed E-state index contributed by atoms with van der Waals surface area (Å²) in [4.78, 5) is 24.4. The van der Waals surface area contributed by atoms with Gasteiger partial charge in [-0.05, 0) is 33.1 Å². The van der Waals surface area contributed by atoms with E-state index in [-0.39, 0.29) is 24.5 Å². The van der Waals surface area contributed by atoms with Crippen molar-refractivity contribution in [3.8, 4) is 0 Å². The molecular formula is C14H26N2O3. The van der Waals surface area contributed by atoms with E-state index in [0.717, 1.165) is 12.3 Å². The van der Waals surface area contributed by atoms with Gasteiger partial charge in [0, 0.05) is 18.6 Å². The second-order valence-corrected chi connectivity index (χ2v) is 6.28. The fraction of sp³-hybridized carbons (Fsp3) is 0.857. The molecule has 0 aliphatic heterocycles. The molecule has 0 aromatic rings. The first kappa shape index (κ1) is 15.8. The highest BCUT2D eigenvalue weighted by Crippen LogP contribution is 2.28. The van der Waals surface area contributed by atoms with Gasteiger partial charge in [-0.1, -0.05) is 19.3 Å². The topological polar surface area (TPSA) is 69.6 Å². The van der Waals surface area contributed by atoms with Crippen molar-refractivity contribution in [3.63, 3.8) is 0 Å². The fourth-order valence-corrected chi connectivity index (χ4v) is 2.21. The standard InChI is InChI=1S/C14H26N2O3/c1-14(2,3)16(10-8-12(17)18)13(19)15-9-7-11-5-4-6-11/h11H,4-10H2,1-3H3,(H,15,19)(H,17,18). The second-order valence-electron chi connectivity index (χ2n) is 6.28. The summed E-state index contributed by atoms with van der Waals surface area (Å²) in [5.74, 6) is -0.112. The number of hydrogen-bond donors (Lipinski definition) is 2. The van der Waals surface area contributed by atoms with Crippen LogP contribution in [0, 0.1) is 5.92 Å². The Morgan fingerprint density at radius 3 is 2.37 bits per heavy atom. The van der Waals surface area contributed by atoms with Crippen molar-refractivity contribution in [3.05, 3.63) is 0 Å². The van der Waals surface area contributed by atoms with Crippen LogP contribution >= 0.6 is 0 Å². The minimum Gasteiger partial charge on any atom is -0.481 e. The molecule has 1 aliphatic carbocycles. The number of carboxylic acids is 1. The van der Waals surface area contributed by atoms with Gasteiger partial charge in [0.2, 0.25) is 0 Å². The van der Waals surface area contributed by atoms with Crippen LogP contribution in [0.3, 0.4) is 0 Å². The molecule has 0 aromatic heterocycles. The van der Waals surface area contributed by atoms with Crippen molar-refractivity contribution >= 4 is 12.0 Å². The number of rotatable bonds is 6. The van der Waals surface area contributed by atoms with Crippen molar-refractivity contribution in [2.45, 2.75) is 58.4 Å². The van der Waals surface area contributed by atoms with Gasteiger partial charge >= 0.3 is 12.0 Å². The SMILES string of the molecule is CC(C)(C)N(CCC(=O)O)C(=O)NCCC1CCC1. The van der Waals surface area contributed by atoms with Crippen LogP contribution in [-0.4, -0.2) is 40.6 Å². The highest BCUT2D eigenvalue weighted by Gasteiger charge is 2.27. The number of nitrogens with zero attached hydrogens (tertiary/aromatic N) is 1. The molecule has 2 N–H and O–H groups in total. The van der Waals surface area contributed by atoms with Crippen molar-refractivity contribution in [2.24, 2.45) is 5.92 Å². The lowest BCUT2D eigenvalue weighted by Gasteiger charge is -2.35. The average molecular weight is 270 g/mol. The number of aliphatic carboxylic acids is 1. The minimum atomic E-state index is -0.878. The Morgan fingerprint density at radius 1 is 1.32 bits per heavy atom. The summed E-state index contributed by atoms with van der Waals surface area (Å²) in [7, 11) is 0. The van der Waals surface area contributed by atoms with Crippen LogP contribution in [-0.2, 0) is 4.79 Å². The minimum absolute atomic E-state index is 0.0205. The Hall–Kier alpha value is -1.26. The third-order valence-corrected chi connectivity index (χ3v) is 3.66. The normalized spacial score (nSPS) is 15.7. The van der Waals surface area contributed by atoms with Gasteiger partial charge in [0.1, 0.15) is 0 Å². The van der Waals surface area contributed by atoms with E-state index in [1.807, 2.05) is 20.8 Å². The number of carbonyl (C=O) groups is 2. The highest BCUT2D eigenvalue weighted by molar-refractivity contribution is 5.76. The molecule has 0 heterocycles. The summed E-state index contributed by atoms with van der Waals surface area (Å²) >= 11 is 0. The summed E-state index contributed by atoms with van der Waals surface area (Å²) in [6, 6.07) is -0.159. The monoisotopic (exact) mass is 270 g/mol. The van der Waals surface area contributed by atoms with Crippen LogP contribution in [0.5, 0.6) is 0 Å². The molecule has 0 atom stereocenters. The summed E-state index contributed by atoms with van der Waals surface area (Å²) in [6.45, 7) is 6.68. The van der Waals surface area contributed by atoms with E-state index < -0.39 is 5.97 Å². The number of amides is 2. The van der Waals surface area contributed by atoms with E-state index in [4.69, 9.17) is 5.11 Å². The third-order valence-electron chi connectivity index (χ3n) is 3.66. The zero-order chi connectivity index (χ0) is 14.5. The quantitative estimate of drug-likeness (QED) is 0.779. The van der Waals surface area contributed by atoms with E-state index in [2.05, 4.69) is 5.32 Å². The van der Waals surface area contributed by atoms with Gasteiger partial charge in [0.15, 0.2) is 0 Å². The van der Waals surface area contributed by atoms with Crippen molar-refractivity contribution < 1.29 is 14.7 Å². The first-order chi connectivity index (χ1) is 8.80. The molecule has 1 fully saturated rings. The van der Waals surface area contributed by atoms with Gasteiger partial charge in [0.25, 0.3) is 0 Å². The number of carbonyl (C=O) groups excluding carboxylic acids is 1. The number of nitrogens with one attached hydrogen (secondary N) is 1. The maximum absolute atomic E-state index is 12.1. The fourth-order valence-electron chi connectivity index (χ4n) is 2.21. The van der Waals surface area contributed by atoms with E-state index in [9.17, 15) is 9.59 Å². The van der Waals surface area contributed by atoms with E-state index in [1.54, 1.807) is 4.90 Å². The summed E-state index contributed by atoms with van der Waals surface area (Å²) in [5.41, 5.74) is -0.365. The molecule has 0 spiro atoms. The molecule has 5 heteroatoms. The molecule has 0 aromatic carbocycles. The molecule has 110 valence electrons. The van der Waals surface area contributed by atoms with Crippen LogP contribution in [0.4, 0.5) is 4.79 Å². The molecule has 0 saturated heterocycles. The highest BCUT2D eigenvalue weighted by atomic mass is 16.4. The summed E-state index contributed by atoms with van der Waals surface area (Å²) < 4.78 is 0. The molecule has 1 saturated carbocycles. The Bertz CT molecular complexity index is 319. The van der Waals surface area contributed by atoms with Gasteiger partial charge in [0.05, 0.1) is 6.42 Å². The molecule has 19 heavy (non-hydrogen) atoms. The number of hydrogen-bond acceptors (Lipinski definition) is 2. The third kappa shape index (κ3) is 5.49. The second kappa shape index (κ2) is 6.78. The summed E-state index contributed by atoms with van der Waals surface area (Å²) in [6.07, 6.45) is 4.87. The number of urea groups is 1. The van der Waals surface area contributed by atoms with Gasteiger partial charge in [-0.3, -0.25) is 4.79 Å². The Morgan fingerprint density at radius 2 is 1.95 bits per heavy atom. The molecular weight excluding hydrogens is 244 g/mol. The Labute approximate surface area is 115 Å². The Balaban J connectivity index is 2.38. The predicted octanol–water partition coefficient (Wildman–Crippen LogP) is 2.46. The van der Waals surface area contributed by atoms with E-state index in [0.29, 0.717) is 6.54 Å². The first-order valence-corrected chi connectivity index (χ1v) is 7.08. The smallest absolute Gasteiger partial charge is 0.317 e. The molecule has 5 nitrogen and oxygen atoms in total. The lowest BCUT2D eigenvalue weighted by molar-refractivity contribution is -0.137. The van der Waals surface area contributed by atoms with Crippen LogP contribution in [0.25, 0.3) is 0 Å². The van der Waals surface area contributed by atoms with Gasteiger partial charge in [-0.25, -0.2) is 4.79 Å². The molecule has 0 unspecified atom stereocenters. The molecule has 0 bridgehead atoms. The molecule has 1 rings (SSSR count). The van der Waals surface area contributed by atoms with Crippen molar-refractivity contribution in [1.29, 1.82) is 0 Å². The zero-order valence-corrected chi connectivity index (χ0v) is 12.2. The van der Waals surface area contributed by atoms with Crippen LogP contribution in [0.15, 0.2) is 0 Å². The largest absolute Gasteiger partial charge is 0.481 e. The van der Waals surface area contributed by atoms with Crippen LogP contribution in [0.1, 0.15) is 52.9 Å². The average Bonchev–Trinajstić information content (AvgIpc) is 2.19. The van der Waals surface area contributed by atoms with Crippen molar-refractivity contribution in [2.75, 3.05) is 13.1 Å².